The Morgan fingerprint density at radius 1 is 1.15 bits per heavy atom. The molecule has 0 bridgehead atoms. The van der Waals surface area contributed by atoms with Crippen molar-refractivity contribution in [2.24, 2.45) is 0 Å². The Hall–Kier alpha value is -2.80. The predicted molar refractivity (Wildman–Crippen MR) is 107 cm³/mol. The molecule has 1 amide bonds. The lowest BCUT2D eigenvalue weighted by Gasteiger charge is -2.09. The Balaban J connectivity index is 1.57. The average Bonchev–Trinajstić information content (AvgIpc) is 3.07. The van der Waals surface area contributed by atoms with Gasteiger partial charge in [-0.2, -0.15) is 0 Å². The molecule has 27 heavy (non-hydrogen) atoms. The van der Waals surface area contributed by atoms with E-state index in [1.807, 2.05) is 73.0 Å². The van der Waals surface area contributed by atoms with E-state index in [0.29, 0.717) is 18.3 Å². The molecule has 3 aromatic rings. The number of ether oxygens (including phenoxy) is 1. The van der Waals surface area contributed by atoms with Crippen LogP contribution in [0.4, 0.5) is 5.69 Å². The van der Waals surface area contributed by atoms with E-state index in [9.17, 15) is 4.79 Å². The molecular weight excluding hydrogens is 360 g/mol. The SMILES string of the molecule is CCn1c(COc2ccccc2)nnc1SCC(=O)Nc1cccc(C)c1. The van der Waals surface area contributed by atoms with Gasteiger partial charge < -0.3 is 14.6 Å². The first kappa shape index (κ1) is 19.0. The summed E-state index contributed by atoms with van der Waals surface area (Å²) in [4.78, 5) is 12.2. The van der Waals surface area contributed by atoms with Crippen molar-refractivity contribution in [1.82, 2.24) is 14.8 Å². The minimum absolute atomic E-state index is 0.0710. The summed E-state index contributed by atoms with van der Waals surface area (Å²) in [7, 11) is 0. The van der Waals surface area contributed by atoms with Crippen molar-refractivity contribution in [3.05, 3.63) is 66.0 Å². The number of aryl methyl sites for hydroxylation is 1. The second kappa shape index (κ2) is 9.23. The second-order valence-corrected chi connectivity index (χ2v) is 6.89. The summed E-state index contributed by atoms with van der Waals surface area (Å²) >= 11 is 1.37. The number of hydrogen-bond donors (Lipinski definition) is 1. The van der Waals surface area contributed by atoms with Gasteiger partial charge in [-0.15, -0.1) is 10.2 Å². The van der Waals surface area contributed by atoms with Crippen molar-refractivity contribution >= 4 is 23.4 Å². The zero-order valence-electron chi connectivity index (χ0n) is 15.4. The van der Waals surface area contributed by atoms with Gasteiger partial charge in [0.05, 0.1) is 5.75 Å². The molecule has 140 valence electrons. The normalized spacial score (nSPS) is 10.6. The number of nitrogens with zero attached hydrogens (tertiary/aromatic N) is 3. The van der Waals surface area contributed by atoms with Gasteiger partial charge in [0.15, 0.2) is 11.0 Å². The number of nitrogens with one attached hydrogen (secondary N) is 1. The van der Waals surface area contributed by atoms with Gasteiger partial charge in [0, 0.05) is 12.2 Å². The number of rotatable bonds is 8. The number of hydrogen-bond acceptors (Lipinski definition) is 5. The fourth-order valence-electron chi connectivity index (χ4n) is 2.56. The summed E-state index contributed by atoms with van der Waals surface area (Å²) in [6.07, 6.45) is 0. The van der Waals surface area contributed by atoms with E-state index in [1.54, 1.807) is 0 Å². The van der Waals surface area contributed by atoms with Crippen LogP contribution in [0, 0.1) is 6.92 Å². The van der Waals surface area contributed by atoms with Gasteiger partial charge in [0.1, 0.15) is 12.4 Å². The summed E-state index contributed by atoms with van der Waals surface area (Å²) in [5.41, 5.74) is 1.91. The van der Waals surface area contributed by atoms with Gasteiger partial charge in [-0.1, -0.05) is 42.1 Å². The molecule has 0 aliphatic rings. The van der Waals surface area contributed by atoms with Gasteiger partial charge in [-0.25, -0.2) is 0 Å². The molecule has 6 nitrogen and oxygen atoms in total. The summed E-state index contributed by atoms with van der Waals surface area (Å²) < 4.78 is 7.72. The maximum absolute atomic E-state index is 12.2. The third-order valence-corrected chi connectivity index (χ3v) is 4.82. The zero-order chi connectivity index (χ0) is 19.1. The summed E-state index contributed by atoms with van der Waals surface area (Å²) in [5, 5.41) is 12.0. The van der Waals surface area contributed by atoms with Crippen molar-refractivity contribution in [2.45, 2.75) is 32.2 Å². The van der Waals surface area contributed by atoms with Crippen molar-refractivity contribution in [3.63, 3.8) is 0 Å². The van der Waals surface area contributed by atoms with Crippen molar-refractivity contribution in [2.75, 3.05) is 11.1 Å². The van der Waals surface area contributed by atoms with Crippen LogP contribution < -0.4 is 10.1 Å². The Kier molecular flexibility index (Phi) is 6.49. The van der Waals surface area contributed by atoms with Gasteiger partial charge in [-0.3, -0.25) is 4.79 Å². The fraction of sp³-hybridized carbons (Fsp3) is 0.250. The Bertz CT molecular complexity index is 896. The summed E-state index contributed by atoms with van der Waals surface area (Å²) in [6, 6.07) is 17.3. The highest BCUT2D eigenvalue weighted by molar-refractivity contribution is 7.99. The lowest BCUT2D eigenvalue weighted by Crippen LogP contribution is -2.15. The number of thioether (sulfide) groups is 1. The van der Waals surface area contributed by atoms with E-state index >= 15 is 0 Å². The molecule has 0 aliphatic heterocycles. The highest BCUT2D eigenvalue weighted by Crippen LogP contribution is 2.19. The van der Waals surface area contributed by atoms with Crippen LogP contribution in [-0.2, 0) is 17.9 Å². The van der Waals surface area contributed by atoms with Crippen LogP contribution in [0.1, 0.15) is 18.3 Å². The van der Waals surface area contributed by atoms with Crippen molar-refractivity contribution in [3.8, 4) is 5.75 Å². The molecule has 1 heterocycles. The molecule has 0 fully saturated rings. The number of amides is 1. The highest BCUT2D eigenvalue weighted by Gasteiger charge is 2.14. The highest BCUT2D eigenvalue weighted by atomic mass is 32.2. The standard InChI is InChI=1S/C20H22N4O2S/c1-3-24-18(13-26-17-10-5-4-6-11-17)22-23-20(24)27-14-19(25)21-16-9-7-8-15(2)12-16/h4-12H,3,13-14H2,1-2H3,(H,21,25). The third kappa shape index (κ3) is 5.34. The first-order valence-electron chi connectivity index (χ1n) is 8.75. The van der Waals surface area contributed by atoms with Crippen LogP contribution in [-0.4, -0.2) is 26.4 Å². The molecule has 0 saturated carbocycles. The zero-order valence-corrected chi connectivity index (χ0v) is 16.2. The molecule has 3 rings (SSSR count). The van der Waals surface area contributed by atoms with Crippen LogP contribution >= 0.6 is 11.8 Å². The van der Waals surface area contributed by atoms with Gasteiger partial charge >= 0.3 is 0 Å². The number of anilines is 1. The molecule has 0 radical (unpaired) electrons. The fourth-order valence-corrected chi connectivity index (χ4v) is 3.39. The molecule has 2 aromatic carbocycles. The molecule has 7 heteroatoms. The Labute approximate surface area is 163 Å². The van der Waals surface area contributed by atoms with Gasteiger partial charge in [-0.05, 0) is 43.7 Å². The lowest BCUT2D eigenvalue weighted by molar-refractivity contribution is -0.113. The molecule has 1 N–H and O–H groups in total. The van der Waals surface area contributed by atoms with Crippen molar-refractivity contribution < 1.29 is 9.53 Å². The molecule has 0 saturated heterocycles. The average molecular weight is 382 g/mol. The molecule has 0 atom stereocenters. The summed E-state index contributed by atoms with van der Waals surface area (Å²) in [5.74, 6) is 1.72. The van der Waals surface area contributed by atoms with Crippen LogP contribution in [0.2, 0.25) is 0 Å². The molecular formula is C20H22N4O2S. The third-order valence-electron chi connectivity index (χ3n) is 3.86. The first-order valence-corrected chi connectivity index (χ1v) is 9.73. The number of aromatic nitrogens is 3. The van der Waals surface area contributed by atoms with E-state index < -0.39 is 0 Å². The number of carbonyl (C=O) groups excluding carboxylic acids is 1. The van der Waals surface area contributed by atoms with Crippen LogP contribution in [0.5, 0.6) is 5.75 Å². The summed E-state index contributed by atoms with van der Waals surface area (Å²) in [6.45, 7) is 5.06. The Morgan fingerprint density at radius 3 is 2.70 bits per heavy atom. The van der Waals surface area contributed by atoms with Crippen LogP contribution in [0.3, 0.4) is 0 Å². The number of benzene rings is 2. The van der Waals surface area contributed by atoms with Gasteiger partial charge in [0.25, 0.3) is 0 Å². The minimum Gasteiger partial charge on any atom is -0.486 e. The number of carbonyl (C=O) groups is 1. The first-order chi connectivity index (χ1) is 13.2. The molecule has 0 spiro atoms. The second-order valence-electron chi connectivity index (χ2n) is 5.95. The largest absolute Gasteiger partial charge is 0.486 e. The maximum Gasteiger partial charge on any atom is 0.234 e. The van der Waals surface area contributed by atoms with E-state index in [0.717, 1.165) is 22.8 Å². The molecule has 0 aliphatic carbocycles. The van der Waals surface area contributed by atoms with Crippen LogP contribution in [0.25, 0.3) is 0 Å². The molecule has 1 aromatic heterocycles. The van der Waals surface area contributed by atoms with Crippen molar-refractivity contribution in [1.29, 1.82) is 0 Å². The van der Waals surface area contributed by atoms with E-state index in [1.165, 1.54) is 11.8 Å². The monoisotopic (exact) mass is 382 g/mol. The Morgan fingerprint density at radius 2 is 1.96 bits per heavy atom. The van der Waals surface area contributed by atoms with E-state index in [-0.39, 0.29) is 11.7 Å². The maximum atomic E-state index is 12.2. The molecule has 0 unspecified atom stereocenters. The topological polar surface area (TPSA) is 69.0 Å². The van der Waals surface area contributed by atoms with Crippen LogP contribution in [0.15, 0.2) is 59.8 Å². The minimum atomic E-state index is -0.0710. The predicted octanol–water partition coefficient (Wildman–Crippen LogP) is 3.92. The quantitative estimate of drug-likeness (QED) is 0.598. The smallest absolute Gasteiger partial charge is 0.234 e. The van der Waals surface area contributed by atoms with Gasteiger partial charge in [0.2, 0.25) is 5.91 Å². The number of para-hydroxylation sites is 1. The lowest BCUT2D eigenvalue weighted by atomic mass is 10.2. The van der Waals surface area contributed by atoms with E-state index in [2.05, 4.69) is 15.5 Å². The van der Waals surface area contributed by atoms with E-state index in [4.69, 9.17) is 4.74 Å².